The number of rotatable bonds is 1. The number of hydrogen-bond donors (Lipinski definition) is 1. The summed E-state index contributed by atoms with van der Waals surface area (Å²) in [5.74, 6) is 0.165. The normalized spacial score (nSPS) is 34.9. The van der Waals surface area contributed by atoms with Gasteiger partial charge in [0.15, 0.2) is 0 Å². The number of ether oxygens (including phenoxy) is 1. The van der Waals surface area contributed by atoms with Crippen LogP contribution in [0.15, 0.2) is 0 Å². The van der Waals surface area contributed by atoms with E-state index in [0.717, 1.165) is 19.4 Å². The summed E-state index contributed by atoms with van der Waals surface area (Å²) in [5, 5.41) is 3.32. The number of amides is 1. The number of nitrogens with one attached hydrogen (secondary N) is 1. The van der Waals surface area contributed by atoms with E-state index in [1.807, 2.05) is 0 Å². The third-order valence-electron chi connectivity index (χ3n) is 2.83. The number of carbonyl (C=O) groups excluding carboxylic acids is 1. The van der Waals surface area contributed by atoms with Gasteiger partial charge in [0, 0.05) is 26.7 Å². The zero-order chi connectivity index (χ0) is 9.42. The maximum atomic E-state index is 11.6. The van der Waals surface area contributed by atoms with Gasteiger partial charge in [-0.15, -0.1) is 12.4 Å². The minimum absolute atomic E-state index is 0. The summed E-state index contributed by atoms with van der Waals surface area (Å²) in [4.78, 5) is 13.2. The minimum atomic E-state index is -0.0229. The summed E-state index contributed by atoms with van der Waals surface area (Å²) in [6.45, 7) is 0.839. The standard InChI is InChI=1S/C9H16N2O2.ClH/c1-11(2)9(12)7-5-8-6(10-7)3-4-13-8;/h6-8,10H,3-5H2,1-2H3;1H/t6-,7-,8-;/m0./s1. The van der Waals surface area contributed by atoms with E-state index in [2.05, 4.69) is 5.32 Å². The third kappa shape index (κ3) is 2.02. The molecule has 2 heterocycles. The van der Waals surface area contributed by atoms with Crippen LogP contribution in [-0.4, -0.2) is 49.7 Å². The predicted molar refractivity (Wildman–Crippen MR) is 55.6 cm³/mol. The first-order valence-electron chi connectivity index (χ1n) is 4.77. The average Bonchev–Trinajstić information content (AvgIpc) is 2.59. The minimum Gasteiger partial charge on any atom is -0.376 e. The number of halogens is 1. The van der Waals surface area contributed by atoms with Gasteiger partial charge in [0.1, 0.15) is 0 Å². The molecule has 2 rings (SSSR count). The van der Waals surface area contributed by atoms with Crippen molar-refractivity contribution >= 4 is 18.3 Å². The highest BCUT2D eigenvalue weighted by atomic mass is 35.5. The fourth-order valence-corrected chi connectivity index (χ4v) is 2.11. The summed E-state index contributed by atoms with van der Waals surface area (Å²) in [6.07, 6.45) is 2.15. The summed E-state index contributed by atoms with van der Waals surface area (Å²) in [6, 6.07) is 0.388. The number of hydrogen-bond acceptors (Lipinski definition) is 3. The molecular formula is C9H17ClN2O2. The van der Waals surface area contributed by atoms with Gasteiger partial charge in [-0.05, 0) is 12.8 Å². The quantitative estimate of drug-likeness (QED) is 0.677. The molecular weight excluding hydrogens is 204 g/mol. The van der Waals surface area contributed by atoms with Crippen LogP contribution in [0.3, 0.4) is 0 Å². The van der Waals surface area contributed by atoms with Crippen LogP contribution in [0, 0.1) is 0 Å². The zero-order valence-electron chi connectivity index (χ0n) is 8.53. The molecule has 0 unspecified atom stereocenters. The van der Waals surface area contributed by atoms with Crippen molar-refractivity contribution in [2.24, 2.45) is 0 Å². The fraction of sp³-hybridized carbons (Fsp3) is 0.889. The van der Waals surface area contributed by atoms with Gasteiger partial charge in [0.25, 0.3) is 0 Å². The van der Waals surface area contributed by atoms with Crippen molar-refractivity contribution in [2.75, 3.05) is 20.7 Å². The van der Waals surface area contributed by atoms with Crippen molar-refractivity contribution in [1.82, 2.24) is 10.2 Å². The molecule has 0 aromatic rings. The van der Waals surface area contributed by atoms with Crippen LogP contribution in [0.2, 0.25) is 0 Å². The largest absolute Gasteiger partial charge is 0.376 e. The van der Waals surface area contributed by atoms with Gasteiger partial charge in [-0.1, -0.05) is 0 Å². The van der Waals surface area contributed by atoms with Gasteiger partial charge in [0.2, 0.25) is 5.91 Å². The Hall–Kier alpha value is -0.320. The van der Waals surface area contributed by atoms with Gasteiger partial charge in [0.05, 0.1) is 12.1 Å². The van der Waals surface area contributed by atoms with Gasteiger partial charge in [-0.25, -0.2) is 0 Å². The molecule has 14 heavy (non-hydrogen) atoms. The molecule has 0 spiro atoms. The summed E-state index contributed by atoms with van der Waals surface area (Å²) in [5.41, 5.74) is 0. The molecule has 0 radical (unpaired) electrons. The van der Waals surface area contributed by atoms with E-state index >= 15 is 0 Å². The van der Waals surface area contributed by atoms with E-state index in [4.69, 9.17) is 4.74 Å². The molecule has 0 aromatic carbocycles. The van der Waals surface area contributed by atoms with Crippen LogP contribution in [0.25, 0.3) is 0 Å². The Morgan fingerprint density at radius 3 is 2.79 bits per heavy atom. The Labute approximate surface area is 90.4 Å². The first-order chi connectivity index (χ1) is 6.18. The SMILES string of the molecule is CN(C)C(=O)[C@@H]1C[C@@H]2OCC[C@@H]2N1.Cl. The Bertz CT molecular complexity index is 211. The van der Waals surface area contributed by atoms with E-state index in [1.54, 1.807) is 19.0 Å². The maximum absolute atomic E-state index is 11.6. The van der Waals surface area contributed by atoms with E-state index < -0.39 is 0 Å². The average molecular weight is 221 g/mol. The second-order valence-electron chi connectivity index (χ2n) is 3.99. The molecule has 1 amide bonds. The molecule has 4 nitrogen and oxygen atoms in total. The van der Waals surface area contributed by atoms with Crippen molar-refractivity contribution in [3.8, 4) is 0 Å². The molecule has 2 aliphatic rings. The lowest BCUT2D eigenvalue weighted by molar-refractivity contribution is -0.130. The van der Waals surface area contributed by atoms with Crippen molar-refractivity contribution in [3.05, 3.63) is 0 Å². The second kappa shape index (κ2) is 4.47. The molecule has 3 atom stereocenters. The van der Waals surface area contributed by atoms with Gasteiger partial charge in [-0.2, -0.15) is 0 Å². The highest BCUT2D eigenvalue weighted by molar-refractivity contribution is 5.85. The van der Waals surface area contributed by atoms with E-state index in [0.29, 0.717) is 6.04 Å². The van der Waals surface area contributed by atoms with Crippen LogP contribution < -0.4 is 5.32 Å². The molecule has 2 fully saturated rings. The molecule has 82 valence electrons. The van der Waals surface area contributed by atoms with E-state index in [-0.39, 0.29) is 30.5 Å². The maximum Gasteiger partial charge on any atom is 0.239 e. The number of likely N-dealkylation sites (N-methyl/N-ethyl adjacent to an activating group) is 1. The van der Waals surface area contributed by atoms with Crippen molar-refractivity contribution in [3.63, 3.8) is 0 Å². The molecule has 0 aliphatic carbocycles. The topological polar surface area (TPSA) is 41.6 Å². The smallest absolute Gasteiger partial charge is 0.239 e. The van der Waals surface area contributed by atoms with Gasteiger partial charge in [-0.3, -0.25) is 4.79 Å². The summed E-state index contributed by atoms with van der Waals surface area (Å²) >= 11 is 0. The first kappa shape index (κ1) is 11.8. The van der Waals surface area contributed by atoms with Crippen LogP contribution >= 0.6 is 12.4 Å². The lowest BCUT2D eigenvalue weighted by Gasteiger charge is -2.17. The number of carbonyl (C=O) groups is 1. The lowest BCUT2D eigenvalue weighted by Crippen LogP contribution is -2.42. The Morgan fingerprint density at radius 1 is 1.50 bits per heavy atom. The highest BCUT2D eigenvalue weighted by Gasteiger charge is 2.41. The number of fused-ring (bicyclic) bond motifs is 1. The van der Waals surface area contributed by atoms with Gasteiger partial charge < -0.3 is 15.0 Å². The van der Waals surface area contributed by atoms with Crippen LogP contribution in [0.4, 0.5) is 0 Å². The molecule has 5 heteroatoms. The molecule has 0 saturated carbocycles. The number of nitrogens with zero attached hydrogens (tertiary/aromatic N) is 1. The van der Waals surface area contributed by atoms with Crippen molar-refractivity contribution in [2.45, 2.75) is 31.0 Å². The molecule has 2 saturated heterocycles. The molecule has 2 aliphatic heterocycles. The first-order valence-corrected chi connectivity index (χ1v) is 4.77. The van der Waals surface area contributed by atoms with Crippen LogP contribution in [-0.2, 0) is 9.53 Å². The molecule has 1 N–H and O–H groups in total. The van der Waals surface area contributed by atoms with Crippen molar-refractivity contribution in [1.29, 1.82) is 0 Å². The molecule has 0 aromatic heterocycles. The lowest BCUT2D eigenvalue weighted by atomic mass is 10.1. The van der Waals surface area contributed by atoms with E-state index in [9.17, 15) is 4.79 Å². The predicted octanol–water partition coefficient (Wildman–Crippen LogP) is 0.0158. The van der Waals surface area contributed by atoms with E-state index in [1.165, 1.54) is 0 Å². The Morgan fingerprint density at radius 2 is 2.21 bits per heavy atom. The third-order valence-corrected chi connectivity index (χ3v) is 2.83. The monoisotopic (exact) mass is 220 g/mol. The highest BCUT2D eigenvalue weighted by Crippen LogP contribution is 2.25. The Balaban J connectivity index is 0.000000980. The zero-order valence-corrected chi connectivity index (χ0v) is 9.34. The fourth-order valence-electron chi connectivity index (χ4n) is 2.11. The molecule has 0 bridgehead atoms. The van der Waals surface area contributed by atoms with Crippen LogP contribution in [0.5, 0.6) is 0 Å². The Kier molecular flexibility index (Phi) is 3.75. The summed E-state index contributed by atoms with van der Waals surface area (Å²) in [7, 11) is 3.58. The van der Waals surface area contributed by atoms with Gasteiger partial charge >= 0.3 is 0 Å². The summed E-state index contributed by atoms with van der Waals surface area (Å²) < 4.78 is 5.50. The van der Waals surface area contributed by atoms with Crippen molar-refractivity contribution < 1.29 is 9.53 Å². The second-order valence-corrected chi connectivity index (χ2v) is 3.99. The van der Waals surface area contributed by atoms with Crippen LogP contribution in [0.1, 0.15) is 12.8 Å².